The maximum Gasteiger partial charge on any atom is 0.254 e. The number of rotatable bonds is 7. The Morgan fingerprint density at radius 1 is 1.13 bits per heavy atom. The molecule has 0 aliphatic carbocycles. The zero-order valence-corrected chi connectivity index (χ0v) is 18.8. The molecular formula is C21H24N4O5S. The molecular weight excluding hydrogens is 420 g/mol. The van der Waals surface area contributed by atoms with Gasteiger partial charge in [-0.2, -0.15) is 4.98 Å². The van der Waals surface area contributed by atoms with Gasteiger partial charge in [0.15, 0.2) is 0 Å². The summed E-state index contributed by atoms with van der Waals surface area (Å²) in [7, 11) is 1.20. The van der Waals surface area contributed by atoms with Crippen molar-refractivity contribution >= 4 is 21.6 Å². The van der Waals surface area contributed by atoms with Gasteiger partial charge in [-0.3, -0.25) is 9.10 Å². The van der Waals surface area contributed by atoms with E-state index in [0.717, 1.165) is 27.4 Å². The molecule has 0 saturated heterocycles. The second-order valence-electron chi connectivity index (χ2n) is 7.13. The summed E-state index contributed by atoms with van der Waals surface area (Å²) < 4.78 is 35.4. The van der Waals surface area contributed by atoms with Crippen LogP contribution >= 0.6 is 0 Å². The summed E-state index contributed by atoms with van der Waals surface area (Å²) in [5.74, 6) is 1.11. The number of aryl methyl sites for hydroxylation is 1. The first-order chi connectivity index (χ1) is 14.6. The molecule has 0 bridgehead atoms. The van der Waals surface area contributed by atoms with Crippen LogP contribution in [0.1, 0.15) is 21.8 Å². The zero-order valence-electron chi connectivity index (χ0n) is 18.0. The average Bonchev–Trinajstić information content (AvgIpc) is 3.21. The maximum absolute atomic E-state index is 12.9. The van der Waals surface area contributed by atoms with E-state index in [4.69, 9.17) is 9.26 Å². The fourth-order valence-electron chi connectivity index (χ4n) is 2.93. The Hall–Kier alpha value is -3.40. The van der Waals surface area contributed by atoms with Crippen molar-refractivity contribution in [3.8, 4) is 17.1 Å². The summed E-state index contributed by atoms with van der Waals surface area (Å²) in [5, 5.41) is 3.96. The number of hydrogen-bond acceptors (Lipinski definition) is 7. The second kappa shape index (κ2) is 8.76. The van der Waals surface area contributed by atoms with Gasteiger partial charge in [-0.1, -0.05) is 11.2 Å². The molecule has 0 atom stereocenters. The number of benzene rings is 2. The highest BCUT2D eigenvalue weighted by molar-refractivity contribution is 7.92. The minimum atomic E-state index is -3.45. The molecule has 0 N–H and O–H groups in total. The molecule has 3 aromatic rings. The SMILES string of the molecule is COc1ccc(-c2noc(CN(C)C(=O)c3ccc(C)c(N(C)S(C)(=O)=O)c3)n2)cc1. The van der Waals surface area contributed by atoms with Crippen molar-refractivity contribution in [3.63, 3.8) is 0 Å². The van der Waals surface area contributed by atoms with E-state index in [1.165, 1.54) is 11.9 Å². The predicted molar refractivity (Wildman–Crippen MR) is 117 cm³/mol. The number of sulfonamides is 1. The van der Waals surface area contributed by atoms with Gasteiger partial charge >= 0.3 is 0 Å². The van der Waals surface area contributed by atoms with Crippen LogP contribution in [-0.4, -0.2) is 56.8 Å². The van der Waals surface area contributed by atoms with Crippen LogP contribution in [0.2, 0.25) is 0 Å². The Labute approximate surface area is 181 Å². The van der Waals surface area contributed by atoms with Crippen molar-refractivity contribution < 1.29 is 22.5 Å². The Balaban J connectivity index is 1.76. The van der Waals surface area contributed by atoms with Crippen LogP contribution in [0.3, 0.4) is 0 Å². The minimum absolute atomic E-state index is 0.104. The number of anilines is 1. The Morgan fingerprint density at radius 3 is 2.42 bits per heavy atom. The maximum atomic E-state index is 12.9. The first kappa shape index (κ1) is 22.3. The largest absolute Gasteiger partial charge is 0.497 e. The first-order valence-electron chi connectivity index (χ1n) is 9.37. The van der Waals surface area contributed by atoms with Gasteiger partial charge < -0.3 is 14.2 Å². The number of carbonyl (C=O) groups is 1. The molecule has 0 fully saturated rings. The van der Waals surface area contributed by atoms with E-state index in [2.05, 4.69) is 10.1 Å². The van der Waals surface area contributed by atoms with E-state index in [0.29, 0.717) is 17.1 Å². The lowest BCUT2D eigenvalue weighted by molar-refractivity contribution is 0.0769. The molecule has 3 rings (SSSR count). The molecule has 0 radical (unpaired) electrons. The number of hydrogen-bond donors (Lipinski definition) is 0. The van der Waals surface area contributed by atoms with Crippen LogP contribution in [0.5, 0.6) is 5.75 Å². The van der Waals surface area contributed by atoms with Crippen molar-refractivity contribution in [2.75, 3.05) is 31.8 Å². The fourth-order valence-corrected chi connectivity index (χ4v) is 3.49. The lowest BCUT2D eigenvalue weighted by Crippen LogP contribution is -2.28. The van der Waals surface area contributed by atoms with Crippen LogP contribution < -0.4 is 9.04 Å². The summed E-state index contributed by atoms with van der Waals surface area (Å²) in [4.78, 5) is 18.7. The number of nitrogens with zero attached hydrogens (tertiary/aromatic N) is 4. The molecule has 0 unspecified atom stereocenters. The average molecular weight is 445 g/mol. The van der Waals surface area contributed by atoms with Crippen LogP contribution in [0.25, 0.3) is 11.4 Å². The van der Waals surface area contributed by atoms with Crippen LogP contribution in [0, 0.1) is 6.92 Å². The molecule has 1 aromatic heterocycles. The normalized spacial score (nSPS) is 11.3. The summed E-state index contributed by atoms with van der Waals surface area (Å²) >= 11 is 0. The Kier molecular flexibility index (Phi) is 6.30. The van der Waals surface area contributed by atoms with Gasteiger partial charge in [-0.25, -0.2) is 8.42 Å². The van der Waals surface area contributed by atoms with Crippen LogP contribution in [0.4, 0.5) is 5.69 Å². The minimum Gasteiger partial charge on any atom is -0.497 e. The molecule has 2 aromatic carbocycles. The van der Waals surface area contributed by atoms with Gasteiger partial charge in [-0.15, -0.1) is 0 Å². The topological polar surface area (TPSA) is 106 Å². The molecule has 31 heavy (non-hydrogen) atoms. The Bertz CT molecular complexity index is 1190. The van der Waals surface area contributed by atoms with Crippen molar-refractivity contribution in [2.24, 2.45) is 0 Å². The van der Waals surface area contributed by atoms with Crippen LogP contribution in [0.15, 0.2) is 47.0 Å². The zero-order chi connectivity index (χ0) is 22.8. The fraction of sp³-hybridized carbons (Fsp3) is 0.286. The van der Waals surface area contributed by atoms with E-state index >= 15 is 0 Å². The van der Waals surface area contributed by atoms with E-state index < -0.39 is 10.0 Å². The summed E-state index contributed by atoms with van der Waals surface area (Å²) in [5.41, 5.74) is 2.31. The van der Waals surface area contributed by atoms with Crippen molar-refractivity contribution in [1.82, 2.24) is 15.0 Å². The number of amides is 1. The smallest absolute Gasteiger partial charge is 0.254 e. The molecule has 0 saturated carbocycles. The highest BCUT2D eigenvalue weighted by Crippen LogP contribution is 2.24. The third-order valence-electron chi connectivity index (χ3n) is 4.83. The highest BCUT2D eigenvalue weighted by atomic mass is 32.2. The van der Waals surface area contributed by atoms with Gasteiger partial charge in [-0.05, 0) is 48.9 Å². The molecule has 1 heterocycles. The monoisotopic (exact) mass is 444 g/mol. The molecule has 0 aliphatic rings. The second-order valence-corrected chi connectivity index (χ2v) is 9.15. The van der Waals surface area contributed by atoms with E-state index in [-0.39, 0.29) is 18.3 Å². The third-order valence-corrected chi connectivity index (χ3v) is 6.02. The highest BCUT2D eigenvalue weighted by Gasteiger charge is 2.20. The molecule has 9 nitrogen and oxygen atoms in total. The van der Waals surface area contributed by atoms with Crippen molar-refractivity contribution in [3.05, 3.63) is 59.5 Å². The van der Waals surface area contributed by atoms with Gasteiger partial charge in [0.05, 0.1) is 25.6 Å². The standard InChI is InChI=1S/C21H24N4O5S/c1-14-6-7-16(12-18(14)25(3)31(5,27)28)21(26)24(2)13-19-22-20(23-30-19)15-8-10-17(29-4)11-9-15/h6-12H,13H2,1-5H3. The first-order valence-corrected chi connectivity index (χ1v) is 11.2. The predicted octanol–water partition coefficient (Wildman–Crippen LogP) is 2.72. The summed E-state index contributed by atoms with van der Waals surface area (Å²) in [6, 6.07) is 12.2. The van der Waals surface area contributed by atoms with Crippen molar-refractivity contribution in [2.45, 2.75) is 13.5 Å². The lowest BCUT2D eigenvalue weighted by Gasteiger charge is -2.21. The molecule has 10 heteroatoms. The van der Waals surface area contributed by atoms with Crippen LogP contribution in [-0.2, 0) is 16.6 Å². The Morgan fingerprint density at radius 2 is 1.81 bits per heavy atom. The molecule has 0 aliphatic heterocycles. The quantitative estimate of drug-likeness (QED) is 0.552. The third kappa shape index (κ3) is 5.02. The number of carbonyl (C=O) groups excluding carboxylic acids is 1. The van der Waals surface area contributed by atoms with E-state index in [1.807, 2.05) is 12.1 Å². The van der Waals surface area contributed by atoms with Gasteiger partial charge in [0, 0.05) is 25.2 Å². The molecule has 164 valence electrons. The number of aromatic nitrogens is 2. The van der Waals surface area contributed by atoms with Crippen molar-refractivity contribution in [1.29, 1.82) is 0 Å². The van der Waals surface area contributed by atoms with E-state index in [1.54, 1.807) is 51.4 Å². The lowest BCUT2D eigenvalue weighted by atomic mass is 10.1. The summed E-state index contributed by atoms with van der Waals surface area (Å²) in [6.07, 6.45) is 1.11. The number of methoxy groups -OCH3 is 1. The van der Waals surface area contributed by atoms with Gasteiger partial charge in [0.2, 0.25) is 21.7 Å². The summed E-state index contributed by atoms with van der Waals surface area (Å²) in [6.45, 7) is 1.89. The number of ether oxygens (including phenoxy) is 1. The van der Waals surface area contributed by atoms with Gasteiger partial charge in [0.25, 0.3) is 5.91 Å². The van der Waals surface area contributed by atoms with E-state index in [9.17, 15) is 13.2 Å². The molecule has 0 spiro atoms. The van der Waals surface area contributed by atoms with Gasteiger partial charge in [0.1, 0.15) is 5.75 Å². The molecule has 1 amide bonds.